The van der Waals surface area contributed by atoms with Crippen molar-refractivity contribution in [3.63, 3.8) is 0 Å². The lowest BCUT2D eigenvalue weighted by molar-refractivity contribution is -0.135. The lowest BCUT2D eigenvalue weighted by Crippen LogP contribution is -2.44. The number of phenols is 1. The molecule has 0 radical (unpaired) electrons. The van der Waals surface area contributed by atoms with Crippen LogP contribution in [0.2, 0.25) is 0 Å². The largest absolute Gasteiger partial charge is 0.507 e. The molecule has 7 heteroatoms. The SMILES string of the molecule is CC1(C)COC2=C1C(=O)C(O)(Cc1ccc(B3OC(C)(C)C(C)(C)O3)cc1)c1cccc(O)c12. The number of carbonyl (C=O) groups is 1. The lowest BCUT2D eigenvalue weighted by Gasteiger charge is -2.35. The van der Waals surface area contributed by atoms with Crippen molar-refractivity contribution in [2.24, 2.45) is 5.41 Å². The van der Waals surface area contributed by atoms with Gasteiger partial charge in [-0.2, -0.15) is 0 Å². The van der Waals surface area contributed by atoms with Gasteiger partial charge in [0, 0.05) is 17.4 Å². The summed E-state index contributed by atoms with van der Waals surface area (Å²) in [7, 11) is -0.486. The van der Waals surface area contributed by atoms with E-state index in [-0.39, 0.29) is 18.0 Å². The fourth-order valence-electron chi connectivity index (χ4n) is 5.01. The lowest BCUT2D eigenvalue weighted by atomic mass is 9.68. The maximum absolute atomic E-state index is 13.7. The van der Waals surface area contributed by atoms with E-state index >= 15 is 0 Å². The Balaban J connectivity index is 1.49. The molecule has 1 fully saturated rings. The van der Waals surface area contributed by atoms with E-state index in [2.05, 4.69) is 0 Å². The third-order valence-electron chi connectivity index (χ3n) is 7.76. The number of phenolic OH excluding ortho intramolecular Hbond substituents is 1. The molecule has 0 bridgehead atoms. The summed E-state index contributed by atoms with van der Waals surface area (Å²) in [6, 6.07) is 12.5. The Labute approximate surface area is 200 Å². The molecule has 1 saturated heterocycles. The fourth-order valence-corrected chi connectivity index (χ4v) is 5.01. The number of aliphatic hydroxyl groups is 1. The number of Topliss-reactive ketones (excluding diaryl/α,β-unsaturated/α-hetero) is 1. The summed E-state index contributed by atoms with van der Waals surface area (Å²) in [6.07, 6.45) is 0.0682. The highest BCUT2D eigenvalue weighted by Gasteiger charge is 2.54. The molecule has 2 aromatic rings. The monoisotopic (exact) mass is 462 g/mol. The van der Waals surface area contributed by atoms with Gasteiger partial charge in [-0.3, -0.25) is 4.79 Å². The molecule has 2 aliphatic heterocycles. The molecule has 0 aromatic heterocycles. The molecule has 1 atom stereocenters. The second-order valence-corrected chi connectivity index (χ2v) is 11.3. The minimum atomic E-state index is -1.82. The molecule has 5 rings (SSSR count). The van der Waals surface area contributed by atoms with Crippen LogP contribution in [0.5, 0.6) is 5.75 Å². The average Bonchev–Trinajstić information content (AvgIpc) is 3.18. The zero-order valence-electron chi connectivity index (χ0n) is 20.6. The quantitative estimate of drug-likeness (QED) is 0.680. The first-order valence-electron chi connectivity index (χ1n) is 11.7. The standard InChI is InChI=1S/C27H31BO6/c1-24(2)15-32-22-20-18(8-7-9-19(20)29)27(31,23(30)21(22)24)14-16-10-12-17(13-11-16)28-33-25(3,4)26(5,6)34-28/h7-13,29,31H,14-15H2,1-6H3. The molecular weight excluding hydrogens is 431 g/mol. The van der Waals surface area contributed by atoms with E-state index in [1.54, 1.807) is 18.2 Å². The first-order chi connectivity index (χ1) is 15.8. The minimum absolute atomic E-state index is 0.00951. The van der Waals surface area contributed by atoms with Crippen LogP contribution in [0.25, 0.3) is 5.76 Å². The predicted octanol–water partition coefficient (Wildman–Crippen LogP) is 3.47. The van der Waals surface area contributed by atoms with Gasteiger partial charge in [-0.05, 0) is 44.8 Å². The Morgan fingerprint density at radius 3 is 2.18 bits per heavy atom. The zero-order valence-corrected chi connectivity index (χ0v) is 20.6. The molecule has 2 N–H and O–H groups in total. The van der Waals surface area contributed by atoms with E-state index in [9.17, 15) is 15.0 Å². The molecule has 0 saturated carbocycles. The molecule has 0 spiro atoms. The van der Waals surface area contributed by atoms with Crippen molar-refractivity contribution in [1.82, 2.24) is 0 Å². The summed E-state index contributed by atoms with van der Waals surface area (Å²) in [5.41, 5.74) is -0.407. The Hall–Kier alpha value is -2.61. The number of ether oxygens (including phenoxy) is 1. The van der Waals surface area contributed by atoms with Gasteiger partial charge in [0.05, 0.1) is 28.9 Å². The molecule has 34 heavy (non-hydrogen) atoms. The maximum Gasteiger partial charge on any atom is 0.494 e. The van der Waals surface area contributed by atoms with Gasteiger partial charge in [0.15, 0.2) is 11.4 Å². The van der Waals surface area contributed by atoms with E-state index in [0.717, 1.165) is 11.0 Å². The smallest absolute Gasteiger partial charge is 0.494 e. The van der Waals surface area contributed by atoms with Crippen LogP contribution < -0.4 is 5.46 Å². The van der Waals surface area contributed by atoms with E-state index in [4.69, 9.17) is 14.0 Å². The predicted molar refractivity (Wildman–Crippen MR) is 130 cm³/mol. The van der Waals surface area contributed by atoms with Crippen LogP contribution in [0.3, 0.4) is 0 Å². The second-order valence-electron chi connectivity index (χ2n) is 11.3. The molecule has 0 amide bonds. The summed E-state index contributed by atoms with van der Waals surface area (Å²) in [5, 5.41) is 22.5. The molecule has 6 nitrogen and oxygen atoms in total. The first kappa shape index (κ1) is 23.2. The highest BCUT2D eigenvalue weighted by atomic mass is 16.7. The van der Waals surface area contributed by atoms with Gasteiger partial charge >= 0.3 is 7.12 Å². The van der Waals surface area contributed by atoms with Gasteiger partial charge in [0.1, 0.15) is 11.5 Å². The van der Waals surface area contributed by atoms with Crippen molar-refractivity contribution in [3.05, 3.63) is 64.7 Å². The number of benzene rings is 2. The third-order valence-corrected chi connectivity index (χ3v) is 7.76. The Bertz CT molecular complexity index is 1190. The van der Waals surface area contributed by atoms with Crippen LogP contribution in [-0.4, -0.2) is 40.9 Å². The van der Waals surface area contributed by atoms with Crippen LogP contribution in [0.1, 0.15) is 58.2 Å². The summed E-state index contributed by atoms with van der Waals surface area (Å²) in [5.74, 6) is -0.00764. The highest BCUT2D eigenvalue weighted by molar-refractivity contribution is 6.62. The zero-order chi connectivity index (χ0) is 24.7. The van der Waals surface area contributed by atoms with Crippen molar-refractivity contribution in [3.8, 4) is 5.75 Å². The van der Waals surface area contributed by atoms with Crippen LogP contribution in [0, 0.1) is 5.41 Å². The Morgan fingerprint density at radius 1 is 0.941 bits per heavy atom. The van der Waals surface area contributed by atoms with E-state index in [1.165, 1.54) is 0 Å². The van der Waals surface area contributed by atoms with Crippen LogP contribution in [0.4, 0.5) is 0 Å². The number of hydrogen-bond acceptors (Lipinski definition) is 6. The van der Waals surface area contributed by atoms with Crippen molar-refractivity contribution in [2.75, 3.05) is 6.61 Å². The van der Waals surface area contributed by atoms with Gasteiger partial charge in [-0.1, -0.05) is 50.2 Å². The molecule has 3 aliphatic rings. The normalized spacial score (nSPS) is 26.3. The molecule has 2 heterocycles. The van der Waals surface area contributed by atoms with Gasteiger partial charge < -0.3 is 24.3 Å². The molecule has 178 valence electrons. The van der Waals surface area contributed by atoms with E-state index in [0.29, 0.717) is 29.1 Å². The molecular formula is C27H31BO6. The molecule has 2 aromatic carbocycles. The number of hydrogen-bond donors (Lipinski definition) is 2. The fraction of sp³-hybridized carbons (Fsp3) is 0.444. The number of fused-ring (bicyclic) bond motifs is 2. The number of carbonyl (C=O) groups excluding carboxylic acids is 1. The number of ketones is 1. The van der Waals surface area contributed by atoms with Gasteiger partial charge in [0.25, 0.3) is 0 Å². The van der Waals surface area contributed by atoms with Crippen molar-refractivity contribution >= 4 is 24.1 Å². The second kappa shape index (κ2) is 7.20. The Morgan fingerprint density at radius 2 is 1.56 bits per heavy atom. The minimum Gasteiger partial charge on any atom is -0.507 e. The van der Waals surface area contributed by atoms with Crippen LogP contribution in [-0.2, 0) is 30.9 Å². The van der Waals surface area contributed by atoms with Crippen LogP contribution >= 0.6 is 0 Å². The first-order valence-corrected chi connectivity index (χ1v) is 11.7. The molecule has 1 unspecified atom stereocenters. The van der Waals surface area contributed by atoms with E-state index < -0.39 is 29.3 Å². The topological polar surface area (TPSA) is 85.2 Å². The summed E-state index contributed by atoms with van der Waals surface area (Å²) < 4.78 is 18.1. The van der Waals surface area contributed by atoms with Crippen LogP contribution in [0.15, 0.2) is 48.0 Å². The summed E-state index contributed by atoms with van der Waals surface area (Å²) in [6.45, 7) is 12.2. The highest BCUT2D eigenvalue weighted by Crippen LogP contribution is 2.52. The number of rotatable bonds is 3. The average molecular weight is 462 g/mol. The van der Waals surface area contributed by atoms with Gasteiger partial charge in [-0.25, -0.2) is 0 Å². The molecule has 1 aliphatic carbocycles. The number of aromatic hydroxyl groups is 1. The van der Waals surface area contributed by atoms with Gasteiger partial charge in [-0.15, -0.1) is 0 Å². The van der Waals surface area contributed by atoms with E-state index in [1.807, 2.05) is 65.8 Å². The third kappa shape index (κ3) is 3.25. The van der Waals surface area contributed by atoms with Gasteiger partial charge in [0.2, 0.25) is 0 Å². The van der Waals surface area contributed by atoms with Crippen molar-refractivity contribution in [1.29, 1.82) is 0 Å². The van der Waals surface area contributed by atoms with Crippen molar-refractivity contribution in [2.45, 2.75) is 64.8 Å². The Kier molecular flexibility index (Phi) is 4.90. The van der Waals surface area contributed by atoms with Crippen molar-refractivity contribution < 1.29 is 29.1 Å². The summed E-state index contributed by atoms with van der Waals surface area (Å²) >= 11 is 0. The summed E-state index contributed by atoms with van der Waals surface area (Å²) in [4.78, 5) is 13.7. The maximum atomic E-state index is 13.7.